The lowest BCUT2D eigenvalue weighted by Gasteiger charge is -2.36. The van der Waals surface area contributed by atoms with Gasteiger partial charge >= 0.3 is 6.09 Å². The average Bonchev–Trinajstić information content (AvgIpc) is 2.37. The maximum atomic E-state index is 12.0. The first-order chi connectivity index (χ1) is 9.37. The molecule has 0 spiro atoms. The molecular weight excluding hydrogens is 254 g/mol. The Labute approximate surface area is 120 Å². The summed E-state index contributed by atoms with van der Waals surface area (Å²) in [6.45, 7) is 6.48. The minimum absolute atomic E-state index is 0.0925. The summed E-state index contributed by atoms with van der Waals surface area (Å²) in [7, 11) is 0. The van der Waals surface area contributed by atoms with Crippen molar-refractivity contribution in [2.24, 2.45) is 0 Å². The summed E-state index contributed by atoms with van der Waals surface area (Å²) in [5, 5.41) is 10.3. The van der Waals surface area contributed by atoms with E-state index in [1.165, 1.54) is 0 Å². The number of hydrogen-bond acceptors (Lipinski definition) is 3. The number of nitrogens with zero attached hydrogens (tertiary/aromatic N) is 1. The van der Waals surface area contributed by atoms with E-state index in [1.54, 1.807) is 4.90 Å². The van der Waals surface area contributed by atoms with Crippen LogP contribution >= 0.6 is 0 Å². The topological polar surface area (TPSA) is 49.8 Å². The predicted molar refractivity (Wildman–Crippen MR) is 77.6 cm³/mol. The van der Waals surface area contributed by atoms with E-state index < -0.39 is 11.7 Å². The zero-order valence-electron chi connectivity index (χ0n) is 12.4. The monoisotopic (exact) mass is 277 g/mol. The molecule has 4 heteroatoms. The number of hydrogen-bond donors (Lipinski definition) is 1. The highest BCUT2D eigenvalue weighted by Gasteiger charge is 2.33. The van der Waals surface area contributed by atoms with E-state index in [9.17, 15) is 9.90 Å². The van der Waals surface area contributed by atoms with Crippen molar-refractivity contribution >= 4 is 6.09 Å². The third-order valence-electron chi connectivity index (χ3n) is 3.46. The van der Waals surface area contributed by atoms with Crippen LogP contribution in [0.25, 0.3) is 0 Å². The Morgan fingerprint density at radius 1 is 1.30 bits per heavy atom. The highest BCUT2D eigenvalue weighted by molar-refractivity contribution is 5.68. The summed E-state index contributed by atoms with van der Waals surface area (Å²) in [6.07, 6.45) is -0.133. The molecule has 0 aromatic heterocycles. The molecule has 1 aromatic rings. The van der Waals surface area contributed by atoms with Gasteiger partial charge in [-0.3, -0.25) is 0 Å². The van der Waals surface area contributed by atoms with Crippen LogP contribution in [0.4, 0.5) is 4.79 Å². The molecule has 4 nitrogen and oxygen atoms in total. The molecule has 1 aliphatic heterocycles. The molecule has 2 atom stereocenters. The smallest absolute Gasteiger partial charge is 0.410 e. The number of aliphatic hydroxyl groups excluding tert-OH is 1. The molecule has 20 heavy (non-hydrogen) atoms. The molecule has 2 unspecified atom stereocenters. The molecule has 0 saturated carbocycles. The largest absolute Gasteiger partial charge is 0.444 e. The summed E-state index contributed by atoms with van der Waals surface area (Å²) in [5.74, 6) is 0.0925. The number of rotatable bonds is 1. The van der Waals surface area contributed by atoms with E-state index >= 15 is 0 Å². The number of piperidine rings is 1. The lowest BCUT2D eigenvalue weighted by Crippen LogP contribution is -2.47. The number of likely N-dealkylation sites (tertiary alicyclic amines) is 1. The van der Waals surface area contributed by atoms with Crippen molar-refractivity contribution < 1.29 is 14.6 Å². The highest BCUT2D eigenvalue weighted by Crippen LogP contribution is 2.28. The van der Waals surface area contributed by atoms with E-state index in [1.807, 2.05) is 51.1 Å². The van der Waals surface area contributed by atoms with Crippen molar-refractivity contribution in [2.45, 2.75) is 44.8 Å². The molecule has 0 radical (unpaired) electrons. The van der Waals surface area contributed by atoms with E-state index in [2.05, 4.69) is 0 Å². The number of β-amino-alcohol motifs (C(OH)–C–C–N with tert-alkyl or cyclic N) is 1. The molecule has 1 aliphatic rings. The van der Waals surface area contributed by atoms with Crippen molar-refractivity contribution in [3.05, 3.63) is 35.9 Å². The van der Waals surface area contributed by atoms with Crippen LogP contribution in [-0.2, 0) is 4.74 Å². The average molecular weight is 277 g/mol. The highest BCUT2D eigenvalue weighted by atomic mass is 16.6. The molecule has 1 fully saturated rings. The minimum atomic E-state index is -0.543. The van der Waals surface area contributed by atoms with Crippen molar-refractivity contribution in [1.29, 1.82) is 0 Å². The third kappa shape index (κ3) is 3.73. The lowest BCUT2D eigenvalue weighted by molar-refractivity contribution is -0.00151. The lowest BCUT2D eigenvalue weighted by atomic mass is 9.87. The fourth-order valence-corrected chi connectivity index (χ4v) is 2.51. The van der Waals surface area contributed by atoms with Crippen LogP contribution in [0.3, 0.4) is 0 Å². The van der Waals surface area contributed by atoms with Gasteiger partial charge in [-0.2, -0.15) is 0 Å². The van der Waals surface area contributed by atoms with Crippen LogP contribution in [-0.4, -0.2) is 40.9 Å². The summed E-state index contributed by atoms with van der Waals surface area (Å²) in [5.41, 5.74) is 0.627. The van der Waals surface area contributed by atoms with Crippen LogP contribution in [0.15, 0.2) is 30.3 Å². The molecule has 1 N–H and O–H groups in total. The number of carbonyl (C=O) groups excluding carboxylic acids is 1. The third-order valence-corrected chi connectivity index (χ3v) is 3.46. The van der Waals surface area contributed by atoms with Crippen LogP contribution in [0.5, 0.6) is 0 Å². The van der Waals surface area contributed by atoms with Crippen molar-refractivity contribution in [3.8, 4) is 0 Å². The van der Waals surface area contributed by atoms with E-state index in [-0.39, 0.29) is 12.0 Å². The van der Waals surface area contributed by atoms with Crippen molar-refractivity contribution in [3.63, 3.8) is 0 Å². The quantitative estimate of drug-likeness (QED) is 0.858. The number of amides is 1. The Kier molecular flexibility index (Phi) is 4.33. The van der Waals surface area contributed by atoms with Gasteiger partial charge in [0.1, 0.15) is 5.60 Å². The van der Waals surface area contributed by atoms with Gasteiger partial charge in [-0.1, -0.05) is 30.3 Å². The maximum Gasteiger partial charge on any atom is 0.410 e. The van der Waals surface area contributed by atoms with Crippen LogP contribution in [0.1, 0.15) is 38.7 Å². The number of carbonyl (C=O) groups is 1. The van der Waals surface area contributed by atoms with Gasteiger partial charge in [0, 0.05) is 12.5 Å². The van der Waals surface area contributed by atoms with E-state index in [4.69, 9.17) is 4.74 Å². The number of benzene rings is 1. The molecule has 2 rings (SSSR count). The summed E-state index contributed by atoms with van der Waals surface area (Å²) in [4.78, 5) is 13.6. The van der Waals surface area contributed by atoms with E-state index in [0.29, 0.717) is 13.1 Å². The normalized spacial score (nSPS) is 23.5. The second-order valence-corrected chi connectivity index (χ2v) is 6.30. The van der Waals surface area contributed by atoms with Gasteiger partial charge in [0.05, 0.1) is 12.6 Å². The fourth-order valence-electron chi connectivity index (χ4n) is 2.51. The molecule has 1 aromatic carbocycles. The van der Waals surface area contributed by atoms with Gasteiger partial charge in [-0.05, 0) is 32.8 Å². The van der Waals surface area contributed by atoms with Gasteiger partial charge in [0.15, 0.2) is 0 Å². The Bertz CT molecular complexity index is 453. The molecule has 0 aliphatic carbocycles. The van der Waals surface area contributed by atoms with Crippen LogP contribution in [0.2, 0.25) is 0 Å². The second kappa shape index (κ2) is 5.83. The van der Waals surface area contributed by atoms with Crippen molar-refractivity contribution in [2.75, 3.05) is 13.1 Å². The number of aliphatic hydroxyl groups is 1. The van der Waals surface area contributed by atoms with Gasteiger partial charge in [-0.15, -0.1) is 0 Å². The number of ether oxygens (including phenoxy) is 1. The second-order valence-electron chi connectivity index (χ2n) is 6.30. The van der Waals surface area contributed by atoms with Crippen LogP contribution < -0.4 is 0 Å². The first-order valence-electron chi connectivity index (χ1n) is 7.08. The van der Waals surface area contributed by atoms with Gasteiger partial charge in [-0.25, -0.2) is 4.79 Å². The minimum Gasteiger partial charge on any atom is -0.444 e. The predicted octanol–water partition coefficient (Wildman–Crippen LogP) is 2.77. The SMILES string of the molecule is CC(C)(C)OC(=O)N1CCC(c2ccccc2)C(O)C1. The summed E-state index contributed by atoms with van der Waals surface area (Å²) >= 11 is 0. The molecular formula is C16H23NO3. The molecule has 1 saturated heterocycles. The van der Waals surface area contributed by atoms with Crippen molar-refractivity contribution in [1.82, 2.24) is 4.90 Å². The maximum absolute atomic E-state index is 12.0. The zero-order valence-corrected chi connectivity index (χ0v) is 12.4. The fraction of sp³-hybridized carbons (Fsp3) is 0.562. The Hall–Kier alpha value is -1.55. The summed E-state index contributed by atoms with van der Waals surface area (Å²) in [6, 6.07) is 9.96. The van der Waals surface area contributed by atoms with Gasteiger partial charge in [0.2, 0.25) is 0 Å². The van der Waals surface area contributed by atoms with Gasteiger partial charge < -0.3 is 14.7 Å². The first kappa shape index (κ1) is 14.9. The summed E-state index contributed by atoms with van der Waals surface area (Å²) < 4.78 is 5.34. The molecule has 110 valence electrons. The molecule has 1 heterocycles. The Balaban J connectivity index is 1.97. The van der Waals surface area contributed by atoms with E-state index in [0.717, 1.165) is 12.0 Å². The molecule has 1 amide bonds. The zero-order chi connectivity index (χ0) is 14.8. The Morgan fingerprint density at radius 3 is 2.50 bits per heavy atom. The van der Waals surface area contributed by atoms with Gasteiger partial charge in [0.25, 0.3) is 0 Å². The first-order valence-corrected chi connectivity index (χ1v) is 7.08. The van der Waals surface area contributed by atoms with Crippen LogP contribution in [0, 0.1) is 0 Å². The standard InChI is InChI=1S/C16H23NO3/c1-16(2,3)20-15(19)17-10-9-13(14(18)11-17)12-7-5-4-6-8-12/h4-8,13-14,18H,9-11H2,1-3H3. The Morgan fingerprint density at radius 2 is 1.95 bits per heavy atom. The molecule has 0 bridgehead atoms.